The van der Waals surface area contributed by atoms with E-state index in [1.165, 1.54) is 0 Å². The van der Waals surface area contributed by atoms with Gasteiger partial charge in [-0.05, 0) is 59.0 Å². The van der Waals surface area contributed by atoms with Crippen LogP contribution in [0.4, 0.5) is 0 Å². The van der Waals surface area contributed by atoms with E-state index in [9.17, 15) is 5.11 Å². The van der Waals surface area contributed by atoms with Crippen LogP contribution in [0.3, 0.4) is 0 Å². The molecular formula is C24H21ClN4O. The second-order valence-electron chi connectivity index (χ2n) is 7.53. The molecule has 0 saturated carbocycles. The van der Waals surface area contributed by atoms with Gasteiger partial charge >= 0.3 is 0 Å². The van der Waals surface area contributed by atoms with Crippen molar-refractivity contribution in [3.05, 3.63) is 88.9 Å². The molecule has 1 atom stereocenters. The van der Waals surface area contributed by atoms with Crippen LogP contribution < -0.4 is 5.73 Å². The van der Waals surface area contributed by atoms with Crippen molar-refractivity contribution in [2.75, 3.05) is 13.1 Å². The first kappa shape index (κ1) is 18.7. The molecule has 0 radical (unpaired) electrons. The number of nitrogens with zero attached hydrogens (tertiary/aromatic N) is 3. The Morgan fingerprint density at radius 2 is 1.67 bits per heavy atom. The number of rotatable bonds is 3. The zero-order chi connectivity index (χ0) is 20.7. The minimum atomic E-state index is -0.854. The zero-order valence-electron chi connectivity index (χ0n) is 16.3. The van der Waals surface area contributed by atoms with Gasteiger partial charge in [0.1, 0.15) is 11.6 Å². The van der Waals surface area contributed by atoms with Crippen LogP contribution in [0.25, 0.3) is 11.1 Å². The Balaban J connectivity index is 1.74. The smallest absolute Gasteiger partial charge is 0.198 e. The Morgan fingerprint density at radius 3 is 2.43 bits per heavy atom. The number of aliphatic imine (C=N–C) groups is 2. The molecule has 0 fully saturated rings. The Kier molecular flexibility index (Phi) is 4.48. The highest BCUT2D eigenvalue weighted by atomic mass is 35.5. The summed E-state index contributed by atoms with van der Waals surface area (Å²) in [5.41, 5.74) is 9.46. The first-order valence-electron chi connectivity index (χ1n) is 9.92. The Labute approximate surface area is 180 Å². The molecule has 2 aliphatic heterocycles. The highest BCUT2D eigenvalue weighted by molar-refractivity contribution is 6.30. The third-order valence-electron chi connectivity index (χ3n) is 5.66. The largest absolute Gasteiger partial charge is 0.508 e. The molecule has 150 valence electrons. The lowest BCUT2D eigenvalue weighted by Crippen LogP contribution is -2.46. The molecule has 30 heavy (non-hydrogen) atoms. The normalized spacial score (nSPS) is 20.5. The molecule has 0 aliphatic carbocycles. The molecule has 1 unspecified atom stereocenters. The van der Waals surface area contributed by atoms with E-state index in [0.717, 1.165) is 47.6 Å². The van der Waals surface area contributed by atoms with Crippen molar-refractivity contribution < 1.29 is 5.11 Å². The minimum absolute atomic E-state index is 0.207. The highest BCUT2D eigenvalue weighted by Crippen LogP contribution is 2.42. The number of aromatic hydroxyl groups is 1. The van der Waals surface area contributed by atoms with E-state index in [-0.39, 0.29) is 5.75 Å². The van der Waals surface area contributed by atoms with E-state index in [4.69, 9.17) is 27.3 Å². The number of guanidine groups is 1. The van der Waals surface area contributed by atoms with Crippen molar-refractivity contribution in [2.24, 2.45) is 15.7 Å². The quantitative estimate of drug-likeness (QED) is 0.665. The standard InChI is InChI=1S/C24H21ClN4O/c25-20-7-2-5-17(15-20)16-4-1-6-19(14-16)24(18-8-10-21(30)11-9-18)22-27-12-3-13-29(22)23(26)28-24/h1-2,4-11,14-15,30H,3,12-13H2,(H2,26,28). The van der Waals surface area contributed by atoms with Crippen molar-refractivity contribution in [1.82, 2.24) is 4.90 Å². The fourth-order valence-electron chi connectivity index (χ4n) is 4.27. The third-order valence-corrected chi connectivity index (χ3v) is 5.90. The van der Waals surface area contributed by atoms with E-state index in [0.29, 0.717) is 11.0 Å². The summed E-state index contributed by atoms with van der Waals surface area (Å²) < 4.78 is 0. The van der Waals surface area contributed by atoms with Gasteiger partial charge < -0.3 is 10.8 Å². The molecule has 0 bridgehead atoms. The first-order valence-corrected chi connectivity index (χ1v) is 10.3. The summed E-state index contributed by atoms with van der Waals surface area (Å²) >= 11 is 6.22. The number of halogens is 1. The van der Waals surface area contributed by atoms with Crippen molar-refractivity contribution in [2.45, 2.75) is 12.0 Å². The van der Waals surface area contributed by atoms with Crippen molar-refractivity contribution in [1.29, 1.82) is 0 Å². The lowest BCUT2D eigenvalue weighted by atomic mass is 9.81. The predicted octanol–water partition coefficient (Wildman–Crippen LogP) is 4.39. The van der Waals surface area contributed by atoms with Crippen LogP contribution in [0.15, 0.2) is 82.8 Å². The SMILES string of the molecule is NC1=NC(c2ccc(O)cc2)(c2cccc(-c3cccc(Cl)c3)c2)C2=NCCCN12. The number of phenols is 1. The molecule has 2 aliphatic rings. The highest BCUT2D eigenvalue weighted by Gasteiger charge is 2.49. The maximum absolute atomic E-state index is 9.84. The van der Waals surface area contributed by atoms with Gasteiger partial charge in [0, 0.05) is 18.1 Å². The Hall–Kier alpha value is -3.31. The van der Waals surface area contributed by atoms with Crippen LogP contribution in [0.5, 0.6) is 5.75 Å². The lowest BCUT2D eigenvalue weighted by Gasteiger charge is -2.33. The number of fused-ring (bicyclic) bond motifs is 1. The van der Waals surface area contributed by atoms with Gasteiger partial charge in [-0.25, -0.2) is 4.99 Å². The maximum Gasteiger partial charge on any atom is 0.198 e. The molecule has 0 aromatic heterocycles. The minimum Gasteiger partial charge on any atom is -0.508 e. The summed E-state index contributed by atoms with van der Waals surface area (Å²) in [6, 6.07) is 23.2. The van der Waals surface area contributed by atoms with E-state index in [1.54, 1.807) is 12.1 Å². The van der Waals surface area contributed by atoms with E-state index >= 15 is 0 Å². The van der Waals surface area contributed by atoms with Crippen LogP contribution in [-0.4, -0.2) is 34.9 Å². The van der Waals surface area contributed by atoms with Gasteiger partial charge in [0.25, 0.3) is 0 Å². The lowest BCUT2D eigenvalue weighted by molar-refractivity contribution is 0.474. The zero-order valence-corrected chi connectivity index (χ0v) is 17.0. The first-order chi connectivity index (χ1) is 14.6. The number of phenolic OH excluding ortho intramolecular Hbond substituents is 1. The van der Waals surface area contributed by atoms with Crippen LogP contribution in [0.1, 0.15) is 17.5 Å². The van der Waals surface area contributed by atoms with E-state index in [1.807, 2.05) is 47.4 Å². The van der Waals surface area contributed by atoms with E-state index < -0.39 is 5.54 Å². The summed E-state index contributed by atoms with van der Waals surface area (Å²) in [6.07, 6.45) is 0.938. The molecule has 3 N–H and O–H groups in total. The molecule has 6 heteroatoms. The molecule has 0 amide bonds. The number of amidine groups is 1. The van der Waals surface area contributed by atoms with Crippen LogP contribution in [-0.2, 0) is 5.54 Å². The fraction of sp³-hybridized carbons (Fsp3) is 0.167. The maximum atomic E-state index is 9.84. The predicted molar refractivity (Wildman–Crippen MR) is 121 cm³/mol. The third kappa shape index (κ3) is 2.94. The molecule has 0 spiro atoms. The fourth-order valence-corrected chi connectivity index (χ4v) is 4.46. The van der Waals surface area contributed by atoms with Gasteiger partial charge in [0.05, 0.1) is 0 Å². The van der Waals surface area contributed by atoms with Gasteiger partial charge in [-0.3, -0.25) is 9.89 Å². The van der Waals surface area contributed by atoms with Crippen LogP contribution in [0.2, 0.25) is 5.02 Å². The van der Waals surface area contributed by atoms with Crippen molar-refractivity contribution >= 4 is 23.4 Å². The number of benzene rings is 3. The van der Waals surface area contributed by atoms with Crippen LogP contribution >= 0.6 is 11.6 Å². The number of hydrogen-bond acceptors (Lipinski definition) is 5. The van der Waals surface area contributed by atoms with Gasteiger partial charge in [0.2, 0.25) is 0 Å². The molecule has 0 saturated heterocycles. The average molecular weight is 417 g/mol. The Morgan fingerprint density at radius 1 is 0.933 bits per heavy atom. The van der Waals surface area contributed by atoms with E-state index in [2.05, 4.69) is 18.2 Å². The molecule has 3 aromatic carbocycles. The average Bonchev–Trinajstić information content (AvgIpc) is 3.08. The molecule has 3 aromatic rings. The second kappa shape index (κ2) is 7.18. The summed E-state index contributed by atoms with van der Waals surface area (Å²) in [5, 5.41) is 10.5. The van der Waals surface area contributed by atoms with Gasteiger partial charge in [-0.15, -0.1) is 0 Å². The van der Waals surface area contributed by atoms with Gasteiger partial charge in [-0.1, -0.05) is 54.1 Å². The summed E-state index contributed by atoms with van der Waals surface area (Å²) in [7, 11) is 0. The van der Waals surface area contributed by atoms with Gasteiger partial charge in [-0.2, -0.15) is 0 Å². The number of nitrogens with two attached hydrogens (primary N) is 1. The topological polar surface area (TPSA) is 74.2 Å². The Bertz CT molecular complexity index is 1170. The van der Waals surface area contributed by atoms with Crippen molar-refractivity contribution in [3.63, 3.8) is 0 Å². The molecule has 5 nitrogen and oxygen atoms in total. The van der Waals surface area contributed by atoms with Gasteiger partial charge in [0.15, 0.2) is 11.5 Å². The summed E-state index contributed by atoms with van der Waals surface area (Å²) in [4.78, 5) is 11.8. The second-order valence-corrected chi connectivity index (χ2v) is 7.97. The number of hydrogen-bond donors (Lipinski definition) is 2. The molecule has 5 rings (SSSR count). The van der Waals surface area contributed by atoms with Crippen molar-refractivity contribution in [3.8, 4) is 16.9 Å². The summed E-state index contributed by atoms with van der Waals surface area (Å²) in [5.74, 6) is 1.51. The summed E-state index contributed by atoms with van der Waals surface area (Å²) in [6.45, 7) is 1.53. The monoisotopic (exact) mass is 416 g/mol. The van der Waals surface area contributed by atoms with Crippen LogP contribution in [0, 0.1) is 0 Å². The molecule has 2 heterocycles. The molecular weight excluding hydrogens is 396 g/mol.